The molecule has 0 aliphatic carbocycles. The molecule has 0 bridgehead atoms. The number of nitrogens with zero attached hydrogens (tertiary/aromatic N) is 2. The highest BCUT2D eigenvalue weighted by atomic mass is 32.1. The van der Waals surface area contributed by atoms with Crippen LogP contribution in [0.4, 0.5) is 0 Å². The fourth-order valence-electron chi connectivity index (χ4n) is 3.82. The van der Waals surface area contributed by atoms with E-state index >= 15 is 0 Å². The number of para-hydroxylation sites is 1. The maximum absolute atomic E-state index is 12.8. The molecule has 0 unspecified atom stereocenters. The fraction of sp³-hybridized carbons (Fsp3) is 0.261. The van der Waals surface area contributed by atoms with Crippen molar-refractivity contribution in [1.29, 1.82) is 0 Å². The number of hydrogen-bond acceptors (Lipinski definition) is 3. The van der Waals surface area contributed by atoms with Crippen LogP contribution in [0.3, 0.4) is 0 Å². The lowest BCUT2D eigenvalue weighted by Crippen LogP contribution is -2.32. The molecule has 0 fully saturated rings. The van der Waals surface area contributed by atoms with Gasteiger partial charge in [0.15, 0.2) is 4.77 Å². The molecule has 154 valence electrons. The second kappa shape index (κ2) is 9.09. The molecule has 4 rings (SSSR count). The molecule has 2 aromatic carbocycles. The Bertz CT molecular complexity index is 1190. The van der Waals surface area contributed by atoms with E-state index in [1.807, 2.05) is 36.5 Å². The zero-order chi connectivity index (χ0) is 20.9. The molecule has 30 heavy (non-hydrogen) atoms. The van der Waals surface area contributed by atoms with Crippen LogP contribution in [-0.4, -0.2) is 32.2 Å². The molecule has 7 heteroatoms. The van der Waals surface area contributed by atoms with E-state index in [1.165, 1.54) is 10.9 Å². The van der Waals surface area contributed by atoms with Gasteiger partial charge in [0.2, 0.25) is 5.91 Å². The second-order valence-corrected chi connectivity index (χ2v) is 7.72. The summed E-state index contributed by atoms with van der Waals surface area (Å²) in [6, 6.07) is 18.5. The van der Waals surface area contributed by atoms with E-state index in [0.29, 0.717) is 11.3 Å². The maximum atomic E-state index is 12.8. The first-order valence-corrected chi connectivity index (χ1v) is 10.6. The third-order valence-electron chi connectivity index (χ3n) is 5.31. The zero-order valence-corrected chi connectivity index (χ0v) is 17.7. The quantitative estimate of drug-likeness (QED) is 0.372. The SMILES string of the molecule is CCCc1n[nH]c(=S)n1CC(=O)NC[C@@H](c1ccccc1)c1c[nH]c2ccccc12. The van der Waals surface area contributed by atoms with Gasteiger partial charge in [-0.1, -0.05) is 55.5 Å². The van der Waals surface area contributed by atoms with Gasteiger partial charge < -0.3 is 10.3 Å². The number of H-pyrrole nitrogens is 2. The molecule has 2 aromatic heterocycles. The Morgan fingerprint density at radius 2 is 1.93 bits per heavy atom. The molecule has 2 heterocycles. The van der Waals surface area contributed by atoms with Crippen molar-refractivity contribution in [2.75, 3.05) is 6.54 Å². The van der Waals surface area contributed by atoms with Gasteiger partial charge in [-0.2, -0.15) is 5.10 Å². The highest BCUT2D eigenvalue weighted by molar-refractivity contribution is 7.71. The number of aromatic amines is 2. The van der Waals surface area contributed by atoms with E-state index in [2.05, 4.69) is 51.7 Å². The van der Waals surface area contributed by atoms with E-state index < -0.39 is 0 Å². The van der Waals surface area contributed by atoms with Crippen LogP contribution in [0.1, 0.15) is 36.2 Å². The topological polar surface area (TPSA) is 78.5 Å². The fourth-order valence-corrected chi connectivity index (χ4v) is 4.03. The van der Waals surface area contributed by atoms with Crippen LogP contribution in [-0.2, 0) is 17.8 Å². The summed E-state index contributed by atoms with van der Waals surface area (Å²) in [6.45, 7) is 2.74. The molecule has 1 atom stereocenters. The summed E-state index contributed by atoms with van der Waals surface area (Å²) in [5.74, 6) is 0.776. The van der Waals surface area contributed by atoms with Gasteiger partial charge in [0.1, 0.15) is 12.4 Å². The number of rotatable bonds is 8. The van der Waals surface area contributed by atoms with Crippen LogP contribution in [0.25, 0.3) is 10.9 Å². The van der Waals surface area contributed by atoms with Crippen LogP contribution in [0.15, 0.2) is 60.8 Å². The van der Waals surface area contributed by atoms with Crippen LogP contribution >= 0.6 is 12.2 Å². The summed E-state index contributed by atoms with van der Waals surface area (Å²) in [4.78, 5) is 16.1. The number of amides is 1. The number of hydrogen-bond donors (Lipinski definition) is 3. The van der Waals surface area contributed by atoms with Crippen molar-refractivity contribution < 1.29 is 4.79 Å². The van der Waals surface area contributed by atoms with Gasteiger partial charge in [0, 0.05) is 36.0 Å². The Balaban J connectivity index is 1.55. The molecule has 0 radical (unpaired) electrons. The van der Waals surface area contributed by atoms with Crippen LogP contribution < -0.4 is 5.32 Å². The highest BCUT2D eigenvalue weighted by Crippen LogP contribution is 2.30. The normalized spacial score (nSPS) is 12.2. The Morgan fingerprint density at radius 1 is 1.17 bits per heavy atom. The van der Waals surface area contributed by atoms with Crippen molar-refractivity contribution in [2.24, 2.45) is 0 Å². The first-order valence-electron chi connectivity index (χ1n) is 10.2. The van der Waals surface area contributed by atoms with Gasteiger partial charge in [0.05, 0.1) is 0 Å². The van der Waals surface area contributed by atoms with E-state index in [4.69, 9.17) is 12.2 Å². The molecule has 4 aromatic rings. The summed E-state index contributed by atoms with van der Waals surface area (Å²) in [7, 11) is 0. The summed E-state index contributed by atoms with van der Waals surface area (Å²) in [5, 5.41) is 11.3. The maximum Gasteiger partial charge on any atom is 0.240 e. The number of aryl methyl sites for hydroxylation is 1. The highest BCUT2D eigenvalue weighted by Gasteiger charge is 2.19. The minimum Gasteiger partial charge on any atom is -0.361 e. The van der Waals surface area contributed by atoms with Gasteiger partial charge in [-0.3, -0.25) is 14.5 Å². The van der Waals surface area contributed by atoms with Gasteiger partial charge in [-0.25, -0.2) is 0 Å². The lowest BCUT2D eigenvalue weighted by molar-refractivity contribution is -0.121. The minimum atomic E-state index is -0.0781. The molecular formula is C23H25N5OS. The molecule has 0 spiro atoms. The number of fused-ring (bicyclic) bond motifs is 1. The smallest absolute Gasteiger partial charge is 0.240 e. The molecule has 0 aliphatic rings. The third-order valence-corrected chi connectivity index (χ3v) is 5.63. The van der Waals surface area contributed by atoms with E-state index in [1.54, 1.807) is 4.57 Å². The Hall–Kier alpha value is -3.19. The molecule has 0 saturated carbocycles. The number of nitrogens with one attached hydrogen (secondary N) is 3. The average Bonchev–Trinajstić information content (AvgIpc) is 3.34. The number of aromatic nitrogens is 4. The predicted octanol–water partition coefficient (Wildman–Crippen LogP) is 4.32. The average molecular weight is 420 g/mol. The summed E-state index contributed by atoms with van der Waals surface area (Å²) < 4.78 is 2.25. The third kappa shape index (κ3) is 4.21. The standard InChI is InChI=1S/C23H25N5OS/c1-2-8-21-26-27-23(30)28(21)15-22(29)25-13-18(16-9-4-3-5-10-16)19-14-24-20-12-7-6-11-17(19)20/h3-7,9-12,14,18,24H,2,8,13,15H2,1H3,(H,25,29)(H,27,30)/t18-/m0/s1. The van der Waals surface area contributed by atoms with Crippen molar-refractivity contribution in [3.05, 3.63) is 82.5 Å². The number of carbonyl (C=O) groups excluding carboxylic acids is 1. The largest absolute Gasteiger partial charge is 0.361 e. The van der Waals surface area contributed by atoms with Crippen LogP contribution in [0, 0.1) is 4.77 Å². The van der Waals surface area contributed by atoms with Crippen molar-refractivity contribution >= 4 is 29.0 Å². The summed E-state index contributed by atoms with van der Waals surface area (Å²) >= 11 is 5.30. The first kappa shape index (κ1) is 20.1. The molecular weight excluding hydrogens is 394 g/mol. The predicted molar refractivity (Wildman–Crippen MR) is 121 cm³/mol. The zero-order valence-electron chi connectivity index (χ0n) is 16.9. The summed E-state index contributed by atoms with van der Waals surface area (Å²) in [5.41, 5.74) is 3.42. The first-order chi connectivity index (χ1) is 14.7. The molecule has 1 amide bonds. The van der Waals surface area contributed by atoms with E-state index in [-0.39, 0.29) is 18.4 Å². The van der Waals surface area contributed by atoms with Crippen molar-refractivity contribution in [2.45, 2.75) is 32.2 Å². The van der Waals surface area contributed by atoms with E-state index in [0.717, 1.165) is 29.7 Å². The van der Waals surface area contributed by atoms with Gasteiger partial charge in [-0.05, 0) is 35.8 Å². The van der Waals surface area contributed by atoms with Crippen molar-refractivity contribution in [1.82, 2.24) is 25.1 Å². The number of benzene rings is 2. The minimum absolute atomic E-state index is 0.0405. The molecule has 0 saturated heterocycles. The molecule has 0 aliphatic heterocycles. The van der Waals surface area contributed by atoms with E-state index in [9.17, 15) is 4.79 Å². The lowest BCUT2D eigenvalue weighted by Gasteiger charge is -2.18. The van der Waals surface area contributed by atoms with Crippen molar-refractivity contribution in [3.8, 4) is 0 Å². The van der Waals surface area contributed by atoms with Crippen LogP contribution in [0.2, 0.25) is 0 Å². The van der Waals surface area contributed by atoms with Gasteiger partial charge in [-0.15, -0.1) is 0 Å². The Morgan fingerprint density at radius 3 is 2.73 bits per heavy atom. The lowest BCUT2D eigenvalue weighted by atomic mass is 9.91. The van der Waals surface area contributed by atoms with Crippen molar-refractivity contribution in [3.63, 3.8) is 0 Å². The van der Waals surface area contributed by atoms with Gasteiger partial charge >= 0.3 is 0 Å². The Labute approximate surface area is 180 Å². The summed E-state index contributed by atoms with van der Waals surface area (Å²) in [6.07, 6.45) is 3.76. The monoisotopic (exact) mass is 419 g/mol. The molecule has 6 nitrogen and oxygen atoms in total. The number of carbonyl (C=O) groups is 1. The Kier molecular flexibility index (Phi) is 6.09. The second-order valence-electron chi connectivity index (χ2n) is 7.34. The molecule has 3 N–H and O–H groups in total. The van der Waals surface area contributed by atoms with Crippen LogP contribution in [0.5, 0.6) is 0 Å². The van der Waals surface area contributed by atoms with Gasteiger partial charge in [0.25, 0.3) is 0 Å².